The summed E-state index contributed by atoms with van der Waals surface area (Å²) in [4.78, 5) is 16.1. The molecule has 0 N–H and O–H groups in total. The van der Waals surface area contributed by atoms with E-state index in [4.69, 9.17) is 8.94 Å². The number of hydrogen-bond donors (Lipinski definition) is 0. The Balaban J connectivity index is 1.56. The lowest BCUT2D eigenvalue weighted by Crippen LogP contribution is -2.27. The Labute approximate surface area is 186 Å². The first kappa shape index (κ1) is 21.2. The molecule has 0 atom stereocenters. The van der Waals surface area contributed by atoms with E-state index < -0.39 is 0 Å². The number of hydrogen-bond acceptors (Lipinski definition) is 5. The number of benzene rings is 2. The van der Waals surface area contributed by atoms with Crippen LogP contribution in [0.4, 0.5) is 0 Å². The van der Waals surface area contributed by atoms with Crippen LogP contribution in [0.5, 0.6) is 0 Å². The Hall–Kier alpha value is -2.99. The zero-order valence-electron chi connectivity index (χ0n) is 18.3. The molecule has 4 rings (SSSR count). The van der Waals surface area contributed by atoms with Crippen LogP contribution in [0.3, 0.4) is 0 Å². The molecule has 4 aromatic rings. The molecular weight excluding hydrogens is 408 g/mol. The molecule has 6 heteroatoms. The molecule has 2 aromatic heterocycles. The van der Waals surface area contributed by atoms with Gasteiger partial charge >= 0.3 is 0 Å². The standard InChI is InChI=1S/C25H26N2O3S/c1-5-22-20(18-10-6-8-12-23(18)29-22)14-27(4)25(28)19-11-7-9-13-24(19)31-15-21-16(2)26-30-17(21)3/h6-13H,5,14-15H2,1-4H3. The van der Waals surface area contributed by atoms with Crippen molar-refractivity contribution in [1.82, 2.24) is 10.1 Å². The fraction of sp³-hybridized carbons (Fsp3) is 0.280. The molecule has 0 spiro atoms. The zero-order chi connectivity index (χ0) is 22.0. The smallest absolute Gasteiger partial charge is 0.255 e. The second-order valence-electron chi connectivity index (χ2n) is 7.60. The van der Waals surface area contributed by atoms with Gasteiger partial charge in [-0.1, -0.05) is 42.4 Å². The maximum absolute atomic E-state index is 13.4. The largest absolute Gasteiger partial charge is 0.461 e. The SMILES string of the molecule is CCc1oc2ccccc2c1CN(C)C(=O)c1ccccc1SCc1c(C)noc1C. The number of amides is 1. The maximum atomic E-state index is 13.4. The van der Waals surface area contributed by atoms with Crippen molar-refractivity contribution in [2.75, 3.05) is 7.05 Å². The molecule has 0 aliphatic rings. The Bertz CT molecular complexity index is 1210. The second kappa shape index (κ2) is 9.02. The number of carbonyl (C=O) groups excluding carboxylic acids is 1. The van der Waals surface area contributed by atoms with E-state index in [1.165, 1.54) is 0 Å². The molecule has 0 aliphatic heterocycles. The lowest BCUT2D eigenvalue weighted by Gasteiger charge is -2.19. The molecule has 0 aliphatic carbocycles. The highest BCUT2D eigenvalue weighted by atomic mass is 32.2. The Kier molecular flexibility index (Phi) is 6.18. The van der Waals surface area contributed by atoms with Crippen LogP contribution in [0.1, 0.15) is 45.6 Å². The highest BCUT2D eigenvalue weighted by Gasteiger charge is 2.21. The normalized spacial score (nSPS) is 11.2. The van der Waals surface area contributed by atoms with Crippen molar-refractivity contribution >= 4 is 28.6 Å². The molecule has 2 heterocycles. The van der Waals surface area contributed by atoms with Crippen LogP contribution in [0.2, 0.25) is 0 Å². The summed E-state index contributed by atoms with van der Waals surface area (Å²) < 4.78 is 11.3. The fourth-order valence-electron chi connectivity index (χ4n) is 3.75. The maximum Gasteiger partial charge on any atom is 0.255 e. The number of fused-ring (bicyclic) bond motifs is 1. The molecule has 0 saturated heterocycles. The number of thioether (sulfide) groups is 1. The zero-order valence-corrected chi connectivity index (χ0v) is 19.1. The van der Waals surface area contributed by atoms with Gasteiger partial charge in [-0.05, 0) is 32.0 Å². The first-order valence-electron chi connectivity index (χ1n) is 10.4. The molecule has 160 valence electrons. The molecule has 0 radical (unpaired) electrons. The quantitative estimate of drug-likeness (QED) is 0.326. The molecular formula is C25H26N2O3S. The third-order valence-corrected chi connectivity index (χ3v) is 6.62. The van der Waals surface area contributed by atoms with Gasteiger partial charge in [0, 0.05) is 47.2 Å². The minimum Gasteiger partial charge on any atom is -0.461 e. The van der Waals surface area contributed by atoms with Gasteiger partial charge in [-0.3, -0.25) is 4.79 Å². The van der Waals surface area contributed by atoms with Gasteiger partial charge in [-0.25, -0.2) is 0 Å². The van der Waals surface area contributed by atoms with E-state index in [0.29, 0.717) is 17.9 Å². The lowest BCUT2D eigenvalue weighted by atomic mass is 10.1. The van der Waals surface area contributed by atoms with Crippen LogP contribution in [0.25, 0.3) is 11.0 Å². The minimum atomic E-state index is -0.00537. The summed E-state index contributed by atoms with van der Waals surface area (Å²) >= 11 is 1.63. The van der Waals surface area contributed by atoms with Crippen molar-refractivity contribution < 1.29 is 13.7 Å². The van der Waals surface area contributed by atoms with Gasteiger partial charge in [-0.2, -0.15) is 0 Å². The lowest BCUT2D eigenvalue weighted by molar-refractivity contribution is 0.0781. The summed E-state index contributed by atoms with van der Waals surface area (Å²) in [5, 5.41) is 5.09. The molecule has 2 aromatic carbocycles. The van der Waals surface area contributed by atoms with Crippen molar-refractivity contribution in [3.05, 3.63) is 82.4 Å². The minimum absolute atomic E-state index is 0.00537. The van der Waals surface area contributed by atoms with Crippen molar-refractivity contribution in [3.8, 4) is 0 Å². The Morgan fingerprint density at radius 2 is 1.81 bits per heavy atom. The van der Waals surface area contributed by atoms with Gasteiger partial charge in [0.1, 0.15) is 17.1 Å². The van der Waals surface area contributed by atoms with E-state index in [1.807, 2.05) is 63.4 Å². The summed E-state index contributed by atoms with van der Waals surface area (Å²) in [6.45, 7) is 6.44. The highest BCUT2D eigenvalue weighted by Crippen LogP contribution is 2.31. The topological polar surface area (TPSA) is 59.5 Å². The summed E-state index contributed by atoms with van der Waals surface area (Å²) in [5.41, 5.74) is 4.62. The van der Waals surface area contributed by atoms with E-state index in [0.717, 1.165) is 50.6 Å². The van der Waals surface area contributed by atoms with Crippen LogP contribution < -0.4 is 0 Å². The van der Waals surface area contributed by atoms with Crippen LogP contribution in [-0.4, -0.2) is 23.0 Å². The average molecular weight is 435 g/mol. The fourth-order valence-corrected chi connectivity index (χ4v) is 4.95. The predicted molar refractivity (Wildman–Crippen MR) is 123 cm³/mol. The van der Waals surface area contributed by atoms with Gasteiger partial charge in [0.25, 0.3) is 5.91 Å². The van der Waals surface area contributed by atoms with E-state index >= 15 is 0 Å². The van der Waals surface area contributed by atoms with E-state index in [-0.39, 0.29) is 5.91 Å². The van der Waals surface area contributed by atoms with Crippen molar-refractivity contribution in [2.45, 2.75) is 44.4 Å². The van der Waals surface area contributed by atoms with Crippen LogP contribution in [0.15, 0.2) is 62.4 Å². The number of rotatable bonds is 7. The highest BCUT2D eigenvalue weighted by molar-refractivity contribution is 7.98. The second-order valence-corrected chi connectivity index (χ2v) is 8.62. The third-order valence-electron chi connectivity index (χ3n) is 5.52. The number of carbonyl (C=O) groups is 1. The molecule has 0 saturated carbocycles. The number of aryl methyl sites for hydroxylation is 3. The van der Waals surface area contributed by atoms with Crippen molar-refractivity contribution in [3.63, 3.8) is 0 Å². The first-order chi connectivity index (χ1) is 15.0. The van der Waals surface area contributed by atoms with Crippen molar-refractivity contribution in [1.29, 1.82) is 0 Å². The first-order valence-corrected chi connectivity index (χ1v) is 11.4. The van der Waals surface area contributed by atoms with Crippen LogP contribution >= 0.6 is 11.8 Å². The summed E-state index contributed by atoms with van der Waals surface area (Å²) in [7, 11) is 1.85. The number of para-hydroxylation sites is 1. The Morgan fingerprint density at radius 1 is 1.06 bits per heavy atom. The molecule has 31 heavy (non-hydrogen) atoms. The van der Waals surface area contributed by atoms with Gasteiger partial charge < -0.3 is 13.8 Å². The summed E-state index contributed by atoms with van der Waals surface area (Å²) in [6, 6.07) is 15.8. The molecule has 1 amide bonds. The summed E-state index contributed by atoms with van der Waals surface area (Å²) in [6.07, 6.45) is 0.788. The van der Waals surface area contributed by atoms with E-state index in [2.05, 4.69) is 18.1 Å². The molecule has 5 nitrogen and oxygen atoms in total. The van der Waals surface area contributed by atoms with Gasteiger partial charge in [-0.15, -0.1) is 11.8 Å². The van der Waals surface area contributed by atoms with Crippen LogP contribution in [0, 0.1) is 13.8 Å². The van der Waals surface area contributed by atoms with Crippen LogP contribution in [-0.2, 0) is 18.7 Å². The average Bonchev–Trinajstić information content (AvgIpc) is 3.31. The van der Waals surface area contributed by atoms with E-state index in [1.54, 1.807) is 16.7 Å². The Morgan fingerprint density at radius 3 is 2.55 bits per heavy atom. The number of aromatic nitrogens is 1. The molecule has 0 fully saturated rings. The molecule has 0 bridgehead atoms. The van der Waals surface area contributed by atoms with Gasteiger partial charge in [0.05, 0.1) is 11.3 Å². The molecule has 0 unspecified atom stereocenters. The van der Waals surface area contributed by atoms with Gasteiger partial charge in [0.2, 0.25) is 0 Å². The predicted octanol–water partition coefficient (Wildman–Crippen LogP) is 6.16. The van der Waals surface area contributed by atoms with Gasteiger partial charge in [0.15, 0.2) is 0 Å². The third kappa shape index (κ3) is 4.26. The van der Waals surface area contributed by atoms with E-state index in [9.17, 15) is 4.79 Å². The summed E-state index contributed by atoms with van der Waals surface area (Å²) in [5.74, 6) is 2.46. The number of furan rings is 1. The van der Waals surface area contributed by atoms with Crippen molar-refractivity contribution in [2.24, 2.45) is 0 Å². The number of nitrogens with zero attached hydrogens (tertiary/aromatic N) is 2. The monoisotopic (exact) mass is 434 g/mol.